The molecule has 0 saturated heterocycles. The molecule has 6 nitrogen and oxygen atoms in total. The normalized spacial score (nSPS) is 13.8. The molecule has 14 heavy (non-hydrogen) atoms. The van der Waals surface area contributed by atoms with Crippen molar-refractivity contribution in [3.63, 3.8) is 0 Å². The molecule has 1 unspecified atom stereocenters. The fourth-order valence-corrected chi connectivity index (χ4v) is 2.15. The Labute approximate surface area is 83.3 Å². The van der Waals surface area contributed by atoms with E-state index < -0.39 is 21.5 Å². The van der Waals surface area contributed by atoms with E-state index in [1.54, 1.807) is 0 Å². The van der Waals surface area contributed by atoms with Gasteiger partial charge >= 0.3 is 21.5 Å². The molecule has 0 aliphatic carbocycles. The van der Waals surface area contributed by atoms with E-state index in [9.17, 15) is 12.6 Å². The Morgan fingerprint density at radius 1 is 1.29 bits per heavy atom. The summed E-state index contributed by atoms with van der Waals surface area (Å²) in [6.45, 7) is 0. The van der Waals surface area contributed by atoms with E-state index in [1.807, 2.05) is 0 Å². The Balaban J connectivity index is 3.05. The average molecular weight is 237 g/mol. The van der Waals surface area contributed by atoms with Crippen molar-refractivity contribution >= 4 is 27.2 Å². The molecule has 0 aromatic heterocycles. The molecule has 3 N–H and O–H groups in total. The van der Waals surface area contributed by atoms with Crippen LogP contribution in [-0.2, 0) is 25.1 Å². The maximum Gasteiger partial charge on any atom is 0.317 e. The van der Waals surface area contributed by atoms with Crippen LogP contribution in [0.3, 0.4) is 0 Å². The number of hydrogen-bond donors (Lipinski definition) is 2. The molecule has 0 aliphatic rings. The van der Waals surface area contributed by atoms with Crippen molar-refractivity contribution in [2.24, 2.45) is 0 Å². The van der Waals surface area contributed by atoms with Crippen LogP contribution in [0, 0.1) is 0 Å². The van der Waals surface area contributed by atoms with Crippen LogP contribution in [0.2, 0.25) is 0 Å². The predicted molar refractivity (Wildman–Crippen MR) is 49.9 cm³/mol. The highest BCUT2D eigenvalue weighted by Crippen LogP contribution is 2.14. The summed E-state index contributed by atoms with van der Waals surface area (Å²) in [6, 6.07) is 5.04. The van der Waals surface area contributed by atoms with Crippen molar-refractivity contribution in [1.82, 2.24) is 0 Å². The second-order valence-corrected chi connectivity index (χ2v) is 4.67. The fraction of sp³-hybridized carbons (Fsp3) is 0. The highest BCUT2D eigenvalue weighted by Gasteiger charge is 2.17. The molecule has 0 amide bonds. The Kier molecular flexibility index (Phi) is 3.21. The van der Waals surface area contributed by atoms with Crippen LogP contribution >= 0.6 is 0 Å². The lowest BCUT2D eigenvalue weighted by molar-refractivity contribution is 0.442. The second kappa shape index (κ2) is 4.05. The first-order chi connectivity index (χ1) is 6.42. The van der Waals surface area contributed by atoms with E-state index in [1.165, 1.54) is 24.3 Å². The molecule has 1 atom stereocenters. The Hall–Kier alpha value is -0.960. The van der Waals surface area contributed by atoms with E-state index in [0.29, 0.717) is 5.69 Å². The van der Waals surface area contributed by atoms with Crippen LogP contribution in [0.15, 0.2) is 29.2 Å². The number of anilines is 1. The molecular formula is C6H7NO5S2. The van der Waals surface area contributed by atoms with Gasteiger partial charge in [-0.1, -0.05) is 0 Å². The highest BCUT2D eigenvalue weighted by molar-refractivity contribution is 7.95. The number of nitrogens with two attached hydrogens (primary N) is 1. The lowest BCUT2D eigenvalue weighted by Crippen LogP contribution is -2.08. The first-order valence-corrected chi connectivity index (χ1v) is 5.77. The van der Waals surface area contributed by atoms with Gasteiger partial charge in [-0.15, -0.1) is 3.63 Å². The van der Waals surface area contributed by atoms with Gasteiger partial charge in [-0.05, 0) is 24.3 Å². The number of benzene rings is 1. The van der Waals surface area contributed by atoms with Crippen molar-refractivity contribution in [2.75, 3.05) is 5.73 Å². The summed E-state index contributed by atoms with van der Waals surface area (Å²) in [7, 11) is -4.18. The fourth-order valence-electron chi connectivity index (χ4n) is 0.750. The molecule has 1 rings (SSSR count). The van der Waals surface area contributed by atoms with Gasteiger partial charge in [0.1, 0.15) is 0 Å². The first-order valence-electron chi connectivity index (χ1n) is 3.33. The van der Waals surface area contributed by atoms with Crippen molar-refractivity contribution in [2.45, 2.75) is 4.90 Å². The van der Waals surface area contributed by atoms with E-state index in [0.717, 1.165) is 0 Å². The monoisotopic (exact) mass is 237 g/mol. The van der Waals surface area contributed by atoms with E-state index in [4.69, 9.17) is 10.3 Å². The van der Waals surface area contributed by atoms with Gasteiger partial charge < -0.3 is 5.73 Å². The maximum absolute atomic E-state index is 11.1. The van der Waals surface area contributed by atoms with Crippen LogP contribution in [0.1, 0.15) is 0 Å². The Morgan fingerprint density at radius 3 is 2.21 bits per heavy atom. The first kappa shape index (κ1) is 11.1. The van der Waals surface area contributed by atoms with Gasteiger partial charge in [-0.25, -0.2) is 0 Å². The van der Waals surface area contributed by atoms with E-state index in [2.05, 4.69) is 3.63 Å². The zero-order chi connectivity index (χ0) is 10.8. The van der Waals surface area contributed by atoms with Gasteiger partial charge in [0, 0.05) is 5.69 Å². The standard InChI is InChI=1S/C6H7NO5S2/c7-5-1-3-6(4-2-5)14(10,11)12-13(8)9/h1-4H,7H2,(H,8,9). The molecule has 8 heteroatoms. The second-order valence-electron chi connectivity index (χ2n) is 2.31. The molecule has 0 aliphatic heterocycles. The smallest absolute Gasteiger partial charge is 0.317 e. The van der Waals surface area contributed by atoms with Crippen molar-refractivity contribution in [3.8, 4) is 0 Å². The molecule has 0 saturated carbocycles. The van der Waals surface area contributed by atoms with Crippen LogP contribution in [-0.4, -0.2) is 17.2 Å². The van der Waals surface area contributed by atoms with E-state index >= 15 is 0 Å². The minimum Gasteiger partial charge on any atom is -0.399 e. The molecule has 0 spiro atoms. The zero-order valence-corrected chi connectivity index (χ0v) is 8.42. The summed E-state index contributed by atoms with van der Waals surface area (Å²) >= 11 is -2.86. The van der Waals surface area contributed by atoms with Crippen molar-refractivity contribution < 1.29 is 20.8 Å². The molecule has 0 radical (unpaired) electrons. The molecular weight excluding hydrogens is 230 g/mol. The van der Waals surface area contributed by atoms with Crippen molar-refractivity contribution in [1.29, 1.82) is 0 Å². The summed E-state index contributed by atoms with van der Waals surface area (Å²) in [5, 5.41) is 0. The summed E-state index contributed by atoms with van der Waals surface area (Å²) in [5.74, 6) is 0. The van der Waals surface area contributed by atoms with Gasteiger partial charge in [0.15, 0.2) is 0 Å². The topological polar surface area (TPSA) is 107 Å². The highest BCUT2D eigenvalue weighted by atomic mass is 32.3. The Morgan fingerprint density at radius 2 is 1.79 bits per heavy atom. The predicted octanol–water partition coefficient (Wildman–Crippen LogP) is 0.111. The maximum atomic E-state index is 11.1. The number of nitrogen functional groups attached to an aromatic ring is 1. The summed E-state index contributed by atoms with van der Waals surface area (Å²) < 4.78 is 44.5. The molecule has 0 heterocycles. The van der Waals surface area contributed by atoms with Crippen molar-refractivity contribution in [3.05, 3.63) is 24.3 Å². The zero-order valence-electron chi connectivity index (χ0n) is 6.78. The van der Waals surface area contributed by atoms with Gasteiger partial charge in [-0.3, -0.25) is 4.55 Å². The molecule has 1 aromatic carbocycles. The average Bonchev–Trinajstić information content (AvgIpc) is 2.02. The minimum absolute atomic E-state index is 0.228. The van der Waals surface area contributed by atoms with Gasteiger partial charge in [0.25, 0.3) is 0 Å². The summed E-state index contributed by atoms with van der Waals surface area (Å²) in [6.07, 6.45) is 0. The lowest BCUT2D eigenvalue weighted by Gasteiger charge is -2.00. The third-order valence-electron chi connectivity index (χ3n) is 1.32. The summed E-state index contributed by atoms with van der Waals surface area (Å²) in [5.41, 5.74) is 5.71. The number of rotatable bonds is 3. The summed E-state index contributed by atoms with van der Waals surface area (Å²) in [4.78, 5) is -0.228. The van der Waals surface area contributed by atoms with Gasteiger partial charge in [0.05, 0.1) is 4.90 Å². The number of hydrogen-bond acceptors (Lipinski definition) is 5. The largest absolute Gasteiger partial charge is 0.399 e. The van der Waals surface area contributed by atoms with Gasteiger partial charge in [0.2, 0.25) is 0 Å². The van der Waals surface area contributed by atoms with Crippen LogP contribution in [0.4, 0.5) is 5.69 Å². The lowest BCUT2D eigenvalue weighted by atomic mass is 10.3. The molecule has 0 fully saturated rings. The van der Waals surface area contributed by atoms with Crippen LogP contribution < -0.4 is 5.73 Å². The van der Waals surface area contributed by atoms with E-state index in [-0.39, 0.29) is 4.90 Å². The molecule has 1 aromatic rings. The van der Waals surface area contributed by atoms with Gasteiger partial charge in [-0.2, -0.15) is 12.6 Å². The van der Waals surface area contributed by atoms with Crippen LogP contribution in [0.25, 0.3) is 0 Å². The molecule has 78 valence electrons. The minimum atomic E-state index is -4.18. The third-order valence-corrected chi connectivity index (χ3v) is 3.35. The quantitative estimate of drug-likeness (QED) is 0.570. The SMILES string of the molecule is Nc1ccc(S(=O)(=O)OS(=O)O)cc1. The van der Waals surface area contributed by atoms with Crippen LogP contribution in [0.5, 0.6) is 0 Å². The molecule has 0 bridgehead atoms. The Bertz CT molecular complexity index is 438. The third kappa shape index (κ3) is 2.77.